The van der Waals surface area contributed by atoms with Gasteiger partial charge in [-0.1, -0.05) is 6.07 Å². The molecule has 0 aliphatic heterocycles. The number of aromatic carboxylic acids is 1. The minimum absolute atomic E-state index is 0.0742. The van der Waals surface area contributed by atoms with Gasteiger partial charge in [0.05, 0.1) is 5.56 Å². The predicted molar refractivity (Wildman–Crippen MR) is 68.8 cm³/mol. The number of rotatable bonds is 4. The van der Waals surface area contributed by atoms with Crippen LogP contribution in [0.5, 0.6) is 5.75 Å². The number of carboxylic acid groups (broad SMARTS) is 1. The van der Waals surface area contributed by atoms with Gasteiger partial charge in [0.25, 0.3) is 0 Å². The largest absolute Gasteiger partial charge is 0.488 e. The monoisotopic (exact) mass is 278 g/mol. The van der Waals surface area contributed by atoms with E-state index in [1.807, 2.05) is 0 Å². The highest BCUT2D eigenvalue weighted by Gasteiger charge is 2.12. The minimum atomic E-state index is -1.06. The smallest absolute Gasteiger partial charge is 0.336 e. The third kappa shape index (κ3) is 2.93. The molecule has 0 aromatic heterocycles. The van der Waals surface area contributed by atoms with Crippen LogP contribution in [0.4, 0.5) is 8.78 Å². The van der Waals surface area contributed by atoms with Gasteiger partial charge in [0.1, 0.15) is 24.0 Å². The first-order valence-electron chi connectivity index (χ1n) is 5.88. The Morgan fingerprint density at radius 3 is 2.70 bits per heavy atom. The standard InChI is InChI=1S/C15H12F2O3/c1-9-12(15(18)19)3-2-4-14(9)20-8-10-7-11(16)5-6-13(10)17/h2-7H,8H2,1H3,(H,18,19). The maximum atomic E-state index is 13.4. The van der Waals surface area contributed by atoms with Crippen LogP contribution in [0.2, 0.25) is 0 Å². The summed E-state index contributed by atoms with van der Waals surface area (Å²) in [7, 11) is 0. The Kier molecular flexibility index (Phi) is 3.98. The topological polar surface area (TPSA) is 46.5 Å². The van der Waals surface area contributed by atoms with Crippen molar-refractivity contribution in [2.75, 3.05) is 0 Å². The summed E-state index contributed by atoms with van der Waals surface area (Å²) >= 11 is 0. The van der Waals surface area contributed by atoms with Crippen LogP contribution < -0.4 is 4.74 Å². The number of benzene rings is 2. The van der Waals surface area contributed by atoms with Crippen LogP contribution in [0.15, 0.2) is 36.4 Å². The van der Waals surface area contributed by atoms with Crippen LogP contribution in [0.3, 0.4) is 0 Å². The van der Waals surface area contributed by atoms with E-state index in [-0.39, 0.29) is 17.7 Å². The Labute approximate surface area is 114 Å². The third-order valence-electron chi connectivity index (χ3n) is 2.91. The van der Waals surface area contributed by atoms with Crippen LogP contribution in [-0.2, 0) is 6.61 Å². The molecule has 0 radical (unpaired) electrons. The molecule has 0 heterocycles. The van der Waals surface area contributed by atoms with Gasteiger partial charge in [0, 0.05) is 11.1 Å². The molecule has 2 rings (SSSR count). The highest BCUT2D eigenvalue weighted by molar-refractivity contribution is 5.90. The zero-order valence-electron chi connectivity index (χ0n) is 10.7. The Hall–Kier alpha value is -2.43. The molecule has 1 N–H and O–H groups in total. The molecule has 0 unspecified atom stereocenters. The molecule has 0 atom stereocenters. The molecule has 104 valence electrons. The number of halogens is 2. The molecular formula is C15H12F2O3. The van der Waals surface area contributed by atoms with Gasteiger partial charge < -0.3 is 9.84 Å². The van der Waals surface area contributed by atoms with Gasteiger partial charge in [0.2, 0.25) is 0 Å². The summed E-state index contributed by atoms with van der Waals surface area (Å²) in [4.78, 5) is 11.0. The summed E-state index contributed by atoms with van der Waals surface area (Å²) < 4.78 is 31.8. The van der Waals surface area contributed by atoms with Gasteiger partial charge >= 0.3 is 5.97 Å². The molecule has 0 saturated carbocycles. The van der Waals surface area contributed by atoms with Crippen molar-refractivity contribution < 1.29 is 23.4 Å². The number of hydrogen-bond acceptors (Lipinski definition) is 2. The molecule has 0 fully saturated rings. The van der Waals surface area contributed by atoms with E-state index in [1.54, 1.807) is 13.0 Å². The summed E-state index contributed by atoms with van der Waals surface area (Å²) in [5.41, 5.74) is 0.629. The van der Waals surface area contributed by atoms with Crippen LogP contribution in [0.25, 0.3) is 0 Å². The maximum absolute atomic E-state index is 13.4. The molecule has 0 amide bonds. The highest BCUT2D eigenvalue weighted by atomic mass is 19.1. The molecular weight excluding hydrogens is 266 g/mol. The molecule has 0 aliphatic rings. The maximum Gasteiger partial charge on any atom is 0.336 e. The summed E-state index contributed by atoms with van der Waals surface area (Å²) in [5, 5.41) is 8.99. The highest BCUT2D eigenvalue weighted by Crippen LogP contribution is 2.23. The van der Waals surface area contributed by atoms with Crippen LogP contribution in [0, 0.1) is 18.6 Å². The molecule has 0 bridgehead atoms. The van der Waals surface area contributed by atoms with E-state index < -0.39 is 17.6 Å². The molecule has 2 aromatic rings. The van der Waals surface area contributed by atoms with E-state index in [0.717, 1.165) is 18.2 Å². The quantitative estimate of drug-likeness (QED) is 0.930. The molecule has 0 saturated heterocycles. The lowest BCUT2D eigenvalue weighted by molar-refractivity contribution is 0.0695. The third-order valence-corrected chi connectivity index (χ3v) is 2.91. The number of hydrogen-bond donors (Lipinski definition) is 1. The summed E-state index contributed by atoms with van der Waals surface area (Å²) in [6, 6.07) is 7.66. The Morgan fingerprint density at radius 1 is 1.25 bits per heavy atom. The second-order valence-corrected chi connectivity index (χ2v) is 4.26. The van der Waals surface area contributed by atoms with Gasteiger partial charge in [0.15, 0.2) is 0 Å². The molecule has 0 spiro atoms. The van der Waals surface area contributed by atoms with Gasteiger partial charge in [-0.25, -0.2) is 13.6 Å². The normalized spacial score (nSPS) is 10.3. The van der Waals surface area contributed by atoms with E-state index >= 15 is 0 Å². The number of carboxylic acids is 1. The van der Waals surface area contributed by atoms with E-state index in [0.29, 0.717) is 11.3 Å². The van der Waals surface area contributed by atoms with E-state index in [1.165, 1.54) is 12.1 Å². The van der Waals surface area contributed by atoms with Crippen LogP contribution in [-0.4, -0.2) is 11.1 Å². The Balaban J connectivity index is 2.21. The summed E-state index contributed by atoms with van der Waals surface area (Å²) in [5.74, 6) is -1.86. The van der Waals surface area contributed by atoms with Crippen LogP contribution in [0.1, 0.15) is 21.5 Å². The van der Waals surface area contributed by atoms with E-state index in [9.17, 15) is 13.6 Å². The van der Waals surface area contributed by atoms with Crippen molar-refractivity contribution in [1.29, 1.82) is 0 Å². The first-order valence-corrected chi connectivity index (χ1v) is 5.88. The fraction of sp³-hybridized carbons (Fsp3) is 0.133. The van der Waals surface area contributed by atoms with Gasteiger partial charge in [-0.3, -0.25) is 0 Å². The second kappa shape index (κ2) is 5.69. The number of carbonyl (C=O) groups is 1. The van der Waals surface area contributed by atoms with Crippen molar-refractivity contribution in [3.63, 3.8) is 0 Å². The SMILES string of the molecule is Cc1c(OCc2cc(F)ccc2F)cccc1C(=O)O. The zero-order valence-corrected chi connectivity index (χ0v) is 10.7. The minimum Gasteiger partial charge on any atom is -0.488 e. The lowest BCUT2D eigenvalue weighted by Crippen LogP contribution is -2.04. The van der Waals surface area contributed by atoms with Crippen molar-refractivity contribution in [3.05, 3.63) is 64.7 Å². The van der Waals surface area contributed by atoms with Crippen molar-refractivity contribution in [3.8, 4) is 5.75 Å². The molecule has 3 nitrogen and oxygen atoms in total. The first kappa shape index (κ1) is 14.0. The Bertz CT molecular complexity index is 654. The van der Waals surface area contributed by atoms with Gasteiger partial charge in [-0.15, -0.1) is 0 Å². The van der Waals surface area contributed by atoms with Crippen molar-refractivity contribution in [2.45, 2.75) is 13.5 Å². The van der Waals surface area contributed by atoms with Crippen LogP contribution >= 0.6 is 0 Å². The molecule has 20 heavy (non-hydrogen) atoms. The zero-order chi connectivity index (χ0) is 14.7. The average molecular weight is 278 g/mol. The fourth-order valence-corrected chi connectivity index (χ4v) is 1.81. The summed E-state index contributed by atoms with van der Waals surface area (Å²) in [6.45, 7) is 1.42. The fourth-order valence-electron chi connectivity index (χ4n) is 1.81. The molecule has 0 aliphatic carbocycles. The van der Waals surface area contributed by atoms with E-state index in [2.05, 4.69) is 0 Å². The molecule has 2 aromatic carbocycles. The lowest BCUT2D eigenvalue weighted by atomic mass is 10.1. The average Bonchev–Trinajstić information content (AvgIpc) is 2.41. The van der Waals surface area contributed by atoms with Gasteiger partial charge in [-0.05, 0) is 37.3 Å². The lowest BCUT2D eigenvalue weighted by Gasteiger charge is -2.11. The van der Waals surface area contributed by atoms with Crippen molar-refractivity contribution >= 4 is 5.97 Å². The predicted octanol–water partition coefficient (Wildman–Crippen LogP) is 3.55. The summed E-state index contributed by atoms with van der Waals surface area (Å²) in [6.07, 6.45) is 0. The number of ether oxygens (including phenoxy) is 1. The van der Waals surface area contributed by atoms with Gasteiger partial charge in [-0.2, -0.15) is 0 Å². The van der Waals surface area contributed by atoms with Crippen molar-refractivity contribution in [2.24, 2.45) is 0 Å². The van der Waals surface area contributed by atoms with Crippen molar-refractivity contribution in [1.82, 2.24) is 0 Å². The Morgan fingerprint density at radius 2 is 2.00 bits per heavy atom. The first-order chi connectivity index (χ1) is 9.49. The van der Waals surface area contributed by atoms with E-state index in [4.69, 9.17) is 9.84 Å². The second-order valence-electron chi connectivity index (χ2n) is 4.26. The molecule has 5 heteroatoms.